The van der Waals surface area contributed by atoms with E-state index >= 15 is 0 Å². The summed E-state index contributed by atoms with van der Waals surface area (Å²) in [5.41, 5.74) is 3.94. The van der Waals surface area contributed by atoms with Crippen LogP contribution in [-0.4, -0.2) is 12.6 Å². The number of aryl methyl sites for hydroxylation is 1. The van der Waals surface area contributed by atoms with Gasteiger partial charge in [-0.2, -0.15) is 0 Å². The van der Waals surface area contributed by atoms with Crippen molar-refractivity contribution in [3.63, 3.8) is 0 Å². The first-order valence-corrected chi connectivity index (χ1v) is 7.74. The molecule has 2 rings (SSSR count). The number of carbonyl (C=O) groups excluding carboxylic acids is 1. The summed E-state index contributed by atoms with van der Waals surface area (Å²) in [6, 6.07) is 19.0. The Morgan fingerprint density at radius 2 is 1.68 bits per heavy atom. The molecule has 22 heavy (non-hydrogen) atoms. The van der Waals surface area contributed by atoms with Gasteiger partial charge < -0.3 is 4.74 Å². The van der Waals surface area contributed by atoms with Crippen LogP contribution in [0.2, 0.25) is 0 Å². The molecular weight excluding hydrogens is 272 g/mol. The second-order valence-electron chi connectivity index (χ2n) is 5.21. The Bertz CT molecular complexity index is 602. The Morgan fingerprint density at radius 1 is 0.955 bits per heavy atom. The van der Waals surface area contributed by atoms with E-state index in [1.807, 2.05) is 6.07 Å². The van der Waals surface area contributed by atoms with Gasteiger partial charge in [-0.15, -0.1) is 0 Å². The van der Waals surface area contributed by atoms with Gasteiger partial charge in [0.2, 0.25) is 0 Å². The summed E-state index contributed by atoms with van der Waals surface area (Å²) in [4.78, 5) is 10.9. The zero-order chi connectivity index (χ0) is 15.6. The summed E-state index contributed by atoms with van der Waals surface area (Å²) in [7, 11) is 0. The van der Waals surface area contributed by atoms with Crippen LogP contribution in [0.3, 0.4) is 0 Å². The van der Waals surface area contributed by atoms with Crippen molar-refractivity contribution in [3.8, 4) is 11.1 Å². The summed E-state index contributed by atoms with van der Waals surface area (Å²) < 4.78 is 4.98. The summed E-state index contributed by atoms with van der Waals surface area (Å²) in [5, 5.41) is 0. The smallest absolute Gasteiger partial charge is 0.330 e. The molecule has 0 saturated carbocycles. The van der Waals surface area contributed by atoms with Crippen molar-refractivity contribution in [2.45, 2.75) is 25.7 Å². The first-order valence-electron chi connectivity index (χ1n) is 7.74. The van der Waals surface area contributed by atoms with Crippen LogP contribution in [0.25, 0.3) is 11.1 Å². The van der Waals surface area contributed by atoms with Gasteiger partial charge in [0.25, 0.3) is 0 Å². The molecule has 0 aliphatic rings. The first kappa shape index (κ1) is 16.0. The SMILES string of the molecule is C=CC(=O)OCCCCCc1ccccc1-c1ccccc1. The molecule has 0 spiro atoms. The molecule has 0 atom stereocenters. The van der Waals surface area contributed by atoms with Gasteiger partial charge in [0.1, 0.15) is 0 Å². The summed E-state index contributed by atoms with van der Waals surface area (Å²) in [5.74, 6) is -0.338. The molecule has 0 saturated heterocycles. The van der Waals surface area contributed by atoms with Gasteiger partial charge in [0.15, 0.2) is 0 Å². The van der Waals surface area contributed by atoms with Gasteiger partial charge in [-0.05, 0) is 42.4 Å². The van der Waals surface area contributed by atoms with Crippen LogP contribution in [0.1, 0.15) is 24.8 Å². The summed E-state index contributed by atoms with van der Waals surface area (Å²) in [6.45, 7) is 3.86. The molecule has 2 nitrogen and oxygen atoms in total. The molecule has 0 bridgehead atoms. The molecule has 0 radical (unpaired) electrons. The molecule has 0 fully saturated rings. The minimum absolute atomic E-state index is 0.338. The van der Waals surface area contributed by atoms with E-state index < -0.39 is 0 Å². The van der Waals surface area contributed by atoms with Crippen LogP contribution in [0.5, 0.6) is 0 Å². The molecule has 0 N–H and O–H groups in total. The fourth-order valence-corrected chi connectivity index (χ4v) is 2.46. The largest absolute Gasteiger partial charge is 0.463 e. The molecule has 0 heterocycles. The predicted octanol–water partition coefficient (Wildman–Crippen LogP) is 4.80. The third-order valence-electron chi connectivity index (χ3n) is 3.60. The van der Waals surface area contributed by atoms with Crippen molar-refractivity contribution >= 4 is 5.97 Å². The maximum Gasteiger partial charge on any atom is 0.330 e. The normalized spacial score (nSPS) is 10.2. The van der Waals surface area contributed by atoms with Gasteiger partial charge in [0, 0.05) is 6.08 Å². The van der Waals surface area contributed by atoms with Crippen molar-refractivity contribution in [2.24, 2.45) is 0 Å². The number of rotatable bonds is 8. The minimum atomic E-state index is -0.338. The average molecular weight is 294 g/mol. The molecule has 2 aromatic rings. The summed E-state index contributed by atoms with van der Waals surface area (Å²) >= 11 is 0. The van der Waals surface area contributed by atoms with Gasteiger partial charge in [0.05, 0.1) is 6.61 Å². The molecular formula is C20H22O2. The van der Waals surface area contributed by atoms with Crippen LogP contribution in [0, 0.1) is 0 Å². The van der Waals surface area contributed by atoms with E-state index in [9.17, 15) is 4.79 Å². The lowest BCUT2D eigenvalue weighted by molar-refractivity contribution is -0.137. The van der Waals surface area contributed by atoms with Crippen LogP contribution in [0.4, 0.5) is 0 Å². The van der Waals surface area contributed by atoms with E-state index in [-0.39, 0.29) is 5.97 Å². The lowest BCUT2D eigenvalue weighted by Crippen LogP contribution is -2.01. The first-order chi connectivity index (χ1) is 10.8. The number of hydrogen-bond donors (Lipinski definition) is 0. The number of hydrogen-bond acceptors (Lipinski definition) is 2. The lowest BCUT2D eigenvalue weighted by Gasteiger charge is -2.09. The molecule has 0 amide bonds. The maximum atomic E-state index is 10.9. The average Bonchev–Trinajstić information content (AvgIpc) is 2.59. The molecule has 114 valence electrons. The number of benzene rings is 2. The Balaban J connectivity index is 1.84. The van der Waals surface area contributed by atoms with Crippen molar-refractivity contribution in [1.82, 2.24) is 0 Å². The van der Waals surface area contributed by atoms with Gasteiger partial charge >= 0.3 is 5.97 Å². The highest BCUT2D eigenvalue weighted by Crippen LogP contribution is 2.24. The fraction of sp³-hybridized carbons (Fsp3) is 0.250. The standard InChI is InChI=1S/C20H22O2/c1-2-20(21)22-16-10-4-7-13-18-14-8-9-15-19(18)17-11-5-3-6-12-17/h2-3,5-6,8-9,11-12,14-15H,1,4,7,10,13,16H2. The van der Waals surface area contributed by atoms with Gasteiger partial charge in [-0.3, -0.25) is 0 Å². The van der Waals surface area contributed by atoms with Crippen LogP contribution in [-0.2, 0) is 16.0 Å². The second kappa shape index (κ2) is 8.83. The predicted molar refractivity (Wildman–Crippen MR) is 90.6 cm³/mol. The monoisotopic (exact) mass is 294 g/mol. The van der Waals surface area contributed by atoms with Crippen molar-refractivity contribution in [2.75, 3.05) is 6.61 Å². The number of carbonyl (C=O) groups is 1. The summed E-state index contributed by atoms with van der Waals surface area (Å²) in [6.07, 6.45) is 5.28. The minimum Gasteiger partial charge on any atom is -0.463 e. The maximum absolute atomic E-state index is 10.9. The van der Waals surface area contributed by atoms with Crippen LogP contribution in [0.15, 0.2) is 67.3 Å². The van der Waals surface area contributed by atoms with Crippen molar-refractivity contribution in [1.29, 1.82) is 0 Å². The topological polar surface area (TPSA) is 26.3 Å². The highest BCUT2D eigenvalue weighted by atomic mass is 16.5. The van der Waals surface area contributed by atoms with E-state index in [4.69, 9.17) is 4.74 Å². The van der Waals surface area contributed by atoms with E-state index in [1.165, 1.54) is 22.8 Å². The van der Waals surface area contributed by atoms with Gasteiger partial charge in [-0.25, -0.2) is 4.79 Å². The number of esters is 1. The fourth-order valence-electron chi connectivity index (χ4n) is 2.46. The van der Waals surface area contributed by atoms with Crippen molar-refractivity contribution < 1.29 is 9.53 Å². The van der Waals surface area contributed by atoms with Crippen LogP contribution >= 0.6 is 0 Å². The van der Waals surface area contributed by atoms with Gasteiger partial charge in [-0.1, -0.05) is 61.2 Å². The van der Waals surface area contributed by atoms with Crippen molar-refractivity contribution in [3.05, 3.63) is 72.8 Å². The van der Waals surface area contributed by atoms with Crippen LogP contribution < -0.4 is 0 Å². The highest BCUT2D eigenvalue weighted by Gasteiger charge is 2.04. The van der Waals surface area contributed by atoms with E-state index in [2.05, 4.69) is 55.1 Å². The Morgan fingerprint density at radius 3 is 2.45 bits per heavy atom. The zero-order valence-corrected chi connectivity index (χ0v) is 12.8. The molecule has 2 aromatic carbocycles. The highest BCUT2D eigenvalue weighted by molar-refractivity contribution is 5.81. The Kier molecular flexibility index (Phi) is 6.43. The molecule has 0 unspecified atom stereocenters. The Hall–Kier alpha value is -2.35. The number of ether oxygens (including phenoxy) is 1. The van der Waals surface area contributed by atoms with E-state index in [0.717, 1.165) is 25.7 Å². The third-order valence-corrected chi connectivity index (χ3v) is 3.60. The zero-order valence-electron chi connectivity index (χ0n) is 12.8. The molecule has 0 aliphatic heterocycles. The molecule has 0 aliphatic carbocycles. The lowest BCUT2D eigenvalue weighted by atomic mass is 9.96. The number of unbranched alkanes of at least 4 members (excludes halogenated alkanes) is 2. The second-order valence-corrected chi connectivity index (χ2v) is 5.21. The quantitative estimate of drug-likeness (QED) is 0.397. The van der Waals surface area contributed by atoms with E-state index in [1.54, 1.807) is 0 Å². The third kappa shape index (κ3) is 4.88. The molecule has 2 heteroatoms. The Labute approximate surface area is 132 Å². The molecule has 0 aromatic heterocycles. The van der Waals surface area contributed by atoms with E-state index in [0.29, 0.717) is 6.61 Å².